The van der Waals surface area contributed by atoms with Gasteiger partial charge in [-0.05, 0) is 32.4 Å². The number of aromatic nitrogens is 1. The number of carbonyl (C=O) groups excluding carboxylic acids is 1. The molecule has 0 bridgehead atoms. The molecule has 1 aromatic heterocycles. The van der Waals surface area contributed by atoms with Crippen LogP contribution in [0.1, 0.15) is 26.7 Å². The normalized spacial score (nSPS) is 11.4. The predicted octanol–water partition coefficient (Wildman–Crippen LogP) is 2.94. The van der Waals surface area contributed by atoms with Gasteiger partial charge in [0, 0.05) is 30.6 Å². The van der Waals surface area contributed by atoms with E-state index < -0.39 is 11.5 Å². The van der Waals surface area contributed by atoms with Gasteiger partial charge in [0.1, 0.15) is 0 Å². The van der Waals surface area contributed by atoms with E-state index in [0.717, 1.165) is 16.6 Å². The van der Waals surface area contributed by atoms with E-state index in [-0.39, 0.29) is 12.5 Å². The monoisotopic (exact) mass is 303 g/mol. The van der Waals surface area contributed by atoms with Gasteiger partial charge in [-0.15, -0.1) is 0 Å². The molecule has 0 aliphatic rings. The predicted molar refractivity (Wildman–Crippen MR) is 86.0 cm³/mol. The maximum atomic E-state index is 12.2. The molecule has 2 amide bonds. The minimum Gasteiger partial charge on any atom is -0.481 e. The third-order valence-electron chi connectivity index (χ3n) is 3.56. The number of aryl methyl sites for hydroxylation is 1. The molecule has 0 fully saturated rings. The lowest BCUT2D eigenvalue weighted by Crippen LogP contribution is -2.45. The standard InChI is InChI=1S/C16H21N3O3/c1-16(2,9-7-13(20)21)18-15(22)17-12-6-4-5-11-8-10-19(3)14(11)12/h4-6,8,10H,7,9H2,1-3H3,(H,20,21)(H2,17,18,22). The first-order valence-corrected chi connectivity index (χ1v) is 7.13. The van der Waals surface area contributed by atoms with Crippen LogP contribution in [0.5, 0.6) is 0 Å². The molecule has 6 heteroatoms. The molecule has 3 N–H and O–H groups in total. The quantitative estimate of drug-likeness (QED) is 0.794. The number of hydrogen-bond donors (Lipinski definition) is 3. The minimum atomic E-state index is -0.871. The molecular formula is C16H21N3O3. The highest BCUT2D eigenvalue weighted by molar-refractivity contribution is 6.00. The summed E-state index contributed by atoms with van der Waals surface area (Å²) in [4.78, 5) is 22.8. The lowest BCUT2D eigenvalue weighted by molar-refractivity contribution is -0.137. The van der Waals surface area contributed by atoms with Gasteiger partial charge >= 0.3 is 12.0 Å². The number of fused-ring (bicyclic) bond motifs is 1. The van der Waals surface area contributed by atoms with E-state index in [1.54, 1.807) is 13.8 Å². The van der Waals surface area contributed by atoms with Crippen molar-refractivity contribution in [3.05, 3.63) is 30.5 Å². The van der Waals surface area contributed by atoms with Gasteiger partial charge < -0.3 is 20.3 Å². The molecule has 1 heterocycles. The Kier molecular flexibility index (Phi) is 4.40. The number of urea groups is 1. The molecule has 0 saturated heterocycles. The lowest BCUT2D eigenvalue weighted by Gasteiger charge is -2.25. The van der Waals surface area contributed by atoms with E-state index in [2.05, 4.69) is 10.6 Å². The zero-order valence-electron chi connectivity index (χ0n) is 13.0. The molecular weight excluding hydrogens is 282 g/mol. The van der Waals surface area contributed by atoms with Gasteiger partial charge in [0.25, 0.3) is 0 Å². The number of nitrogens with one attached hydrogen (secondary N) is 2. The third-order valence-corrected chi connectivity index (χ3v) is 3.56. The Bertz CT molecular complexity index is 704. The summed E-state index contributed by atoms with van der Waals surface area (Å²) >= 11 is 0. The Labute approximate surface area is 129 Å². The minimum absolute atomic E-state index is 0.0146. The second-order valence-electron chi connectivity index (χ2n) is 6.03. The van der Waals surface area contributed by atoms with E-state index in [1.807, 2.05) is 42.1 Å². The summed E-state index contributed by atoms with van der Waals surface area (Å²) in [6.07, 6.45) is 2.31. The van der Waals surface area contributed by atoms with Gasteiger partial charge in [-0.2, -0.15) is 0 Å². The van der Waals surface area contributed by atoms with E-state index in [4.69, 9.17) is 5.11 Å². The molecule has 0 aliphatic heterocycles. The fourth-order valence-corrected chi connectivity index (χ4v) is 2.40. The third kappa shape index (κ3) is 3.78. The second-order valence-corrected chi connectivity index (χ2v) is 6.03. The van der Waals surface area contributed by atoms with E-state index in [9.17, 15) is 9.59 Å². The summed E-state index contributed by atoms with van der Waals surface area (Å²) in [5.74, 6) is -0.871. The van der Waals surface area contributed by atoms with Gasteiger partial charge in [0.05, 0.1) is 11.2 Å². The second kappa shape index (κ2) is 6.09. The van der Waals surface area contributed by atoms with Crippen molar-refractivity contribution in [3.8, 4) is 0 Å². The maximum absolute atomic E-state index is 12.2. The van der Waals surface area contributed by atoms with Crippen LogP contribution in [0.3, 0.4) is 0 Å². The van der Waals surface area contributed by atoms with Gasteiger partial charge in [0.15, 0.2) is 0 Å². The maximum Gasteiger partial charge on any atom is 0.319 e. The van der Waals surface area contributed by atoms with E-state index >= 15 is 0 Å². The molecule has 22 heavy (non-hydrogen) atoms. The molecule has 0 spiro atoms. The smallest absolute Gasteiger partial charge is 0.319 e. The lowest BCUT2D eigenvalue weighted by atomic mass is 9.99. The molecule has 2 rings (SSSR count). The van der Waals surface area contributed by atoms with Crippen LogP contribution in [0.15, 0.2) is 30.5 Å². The Morgan fingerprint density at radius 3 is 2.68 bits per heavy atom. The summed E-state index contributed by atoms with van der Waals surface area (Å²) in [5, 5.41) is 15.4. The fraction of sp³-hybridized carbons (Fsp3) is 0.375. The van der Waals surface area contributed by atoms with E-state index in [1.165, 1.54) is 0 Å². The molecule has 0 atom stereocenters. The highest BCUT2D eigenvalue weighted by Gasteiger charge is 2.22. The van der Waals surface area contributed by atoms with Gasteiger partial charge in [-0.1, -0.05) is 12.1 Å². The molecule has 2 aromatic rings. The molecule has 0 radical (unpaired) electrons. The molecule has 0 unspecified atom stereocenters. The van der Waals surface area contributed by atoms with Crippen molar-refractivity contribution in [2.75, 3.05) is 5.32 Å². The average Bonchev–Trinajstić information content (AvgIpc) is 2.79. The topological polar surface area (TPSA) is 83.4 Å². The summed E-state index contributed by atoms with van der Waals surface area (Å²) < 4.78 is 1.94. The number of amides is 2. The number of carboxylic acids is 1. The van der Waals surface area contributed by atoms with Crippen molar-refractivity contribution in [1.82, 2.24) is 9.88 Å². The molecule has 1 aromatic carbocycles. The number of aliphatic carboxylic acids is 1. The number of para-hydroxylation sites is 1. The number of rotatable bonds is 5. The summed E-state index contributed by atoms with van der Waals surface area (Å²) in [5.41, 5.74) is 1.07. The summed E-state index contributed by atoms with van der Waals surface area (Å²) in [6.45, 7) is 3.61. The number of nitrogens with zero attached hydrogens (tertiary/aromatic N) is 1. The largest absolute Gasteiger partial charge is 0.481 e. The number of carbonyl (C=O) groups is 2. The Morgan fingerprint density at radius 1 is 1.27 bits per heavy atom. The van der Waals surface area contributed by atoms with Crippen molar-refractivity contribution in [1.29, 1.82) is 0 Å². The van der Waals surface area contributed by atoms with Crippen LogP contribution in [-0.2, 0) is 11.8 Å². The Morgan fingerprint density at radius 2 is 2.00 bits per heavy atom. The van der Waals surface area contributed by atoms with Crippen molar-refractivity contribution < 1.29 is 14.7 Å². The van der Waals surface area contributed by atoms with Crippen molar-refractivity contribution >= 4 is 28.6 Å². The number of benzene rings is 1. The highest BCUT2D eigenvalue weighted by atomic mass is 16.4. The molecule has 6 nitrogen and oxygen atoms in total. The number of hydrogen-bond acceptors (Lipinski definition) is 2. The van der Waals surface area contributed by atoms with Crippen LogP contribution in [0.4, 0.5) is 10.5 Å². The van der Waals surface area contributed by atoms with Crippen LogP contribution in [0.2, 0.25) is 0 Å². The van der Waals surface area contributed by atoms with Crippen LogP contribution in [-0.4, -0.2) is 27.2 Å². The van der Waals surface area contributed by atoms with Crippen molar-refractivity contribution in [2.24, 2.45) is 7.05 Å². The summed E-state index contributed by atoms with van der Waals surface area (Å²) in [6, 6.07) is 7.34. The zero-order valence-corrected chi connectivity index (χ0v) is 13.0. The molecule has 0 saturated carbocycles. The van der Waals surface area contributed by atoms with Crippen LogP contribution < -0.4 is 10.6 Å². The SMILES string of the molecule is Cn1ccc2cccc(NC(=O)NC(C)(C)CCC(=O)O)c21. The van der Waals surface area contributed by atoms with E-state index in [0.29, 0.717) is 6.42 Å². The van der Waals surface area contributed by atoms with Crippen LogP contribution in [0, 0.1) is 0 Å². The number of carboxylic acid groups (broad SMARTS) is 1. The Hall–Kier alpha value is -2.50. The van der Waals surface area contributed by atoms with Gasteiger partial charge in [-0.3, -0.25) is 4.79 Å². The number of anilines is 1. The molecule has 118 valence electrons. The highest BCUT2D eigenvalue weighted by Crippen LogP contribution is 2.24. The average molecular weight is 303 g/mol. The van der Waals surface area contributed by atoms with Crippen LogP contribution >= 0.6 is 0 Å². The first-order valence-electron chi connectivity index (χ1n) is 7.13. The Balaban J connectivity index is 2.08. The summed E-state index contributed by atoms with van der Waals surface area (Å²) in [7, 11) is 1.92. The fourth-order valence-electron chi connectivity index (χ4n) is 2.40. The van der Waals surface area contributed by atoms with Crippen molar-refractivity contribution in [2.45, 2.75) is 32.2 Å². The molecule has 0 aliphatic carbocycles. The van der Waals surface area contributed by atoms with Gasteiger partial charge in [-0.25, -0.2) is 4.79 Å². The van der Waals surface area contributed by atoms with Crippen LogP contribution in [0.25, 0.3) is 10.9 Å². The van der Waals surface area contributed by atoms with Gasteiger partial charge in [0.2, 0.25) is 0 Å². The zero-order chi connectivity index (χ0) is 16.3. The van der Waals surface area contributed by atoms with Crippen molar-refractivity contribution in [3.63, 3.8) is 0 Å². The first kappa shape index (κ1) is 15.9. The first-order chi connectivity index (χ1) is 10.3.